The highest BCUT2D eigenvalue weighted by Gasteiger charge is 2.04. The summed E-state index contributed by atoms with van der Waals surface area (Å²) in [5.74, 6) is 0.950. The Morgan fingerprint density at radius 3 is 2.85 bits per heavy atom. The van der Waals surface area contributed by atoms with E-state index in [0.29, 0.717) is 28.9 Å². The van der Waals surface area contributed by atoms with Crippen molar-refractivity contribution in [3.8, 4) is 5.75 Å². The molecule has 0 spiro atoms. The highest BCUT2D eigenvalue weighted by molar-refractivity contribution is 6.31. The van der Waals surface area contributed by atoms with Crippen LogP contribution in [0.4, 0.5) is 5.82 Å². The van der Waals surface area contributed by atoms with Crippen LogP contribution in [0.1, 0.15) is 16.8 Å². The number of rotatable bonds is 6. The molecule has 7 nitrogen and oxygen atoms in total. The van der Waals surface area contributed by atoms with E-state index in [1.165, 1.54) is 0 Å². The van der Waals surface area contributed by atoms with Gasteiger partial charge in [-0.25, -0.2) is 9.89 Å². The smallest absolute Gasteiger partial charge is 0.363 e. The summed E-state index contributed by atoms with van der Waals surface area (Å²) in [6.45, 7) is 2.05. The van der Waals surface area contributed by atoms with Crippen LogP contribution in [0, 0.1) is 6.92 Å². The van der Waals surface area contributed by atoms with E-state index in [2.05, 4.69) is 25.7 Å². The van der Waals surface area contributed by atoms with E-state index in [9.17, 15) is 4.79 Å². The van der Waals surface area contributed by atoms with E-state index in [4.69, 9.17) is 16.3 Å². The number of aryl methyl sites for hydroxylation is 1. The van der Waals surface area contributed by atoms with E-state index < -0.39 is 5.69 Å². The third kappa shape index (κ3) is 4.46. The van der Waals surface area contributed by atoms with Gasteiger partial charge in [-0.05, 0) is 25.1 Å². The van der Waals surface area contributed by atoms with Gasteiger partial charge in [-0.15, -0.1) is 0 Å². The fourth-order valence-corrected chi connectivity index (χ4v) is 2.34. The molecule has 0 amide bonds. The van der Waals surface area contributed by atoms with Gasteiger partial charge in [-0.1, -0.05) is 41.9 Å². The first-order valence-electron chi connectivity index (χ1n) is 7.81. The Hall–Kier alpha value is -3.19. The number of ether oxygens (including phenoxy) is 1. The number of nitrogens with one attached hydrogen (secondary N) is 2. The molecular weight excluding hydrogens is 354 g/mol. The lowest BCUT2D eigenvalue weighted by Crippen LogP contribution is -2.15. The lowest BCUT2D eigenvalue weighted by atomic mass is 10.2. The zero-order valence-corrected chi connectivity index (χ0v) is 14.7. The van der Waals surface area contributed by atoms with Gasteiger partial charge in [0.1, 0.15) is 18.1 Å². The maximum absolute atomic E-state index is 11.2. The van der Waals surface area contributed by atoms with Gasteiger partial charge in [0.15, 0.2) is 5.82 Å². The molecule has 8 heteroatoms. The van der Waals surface area contributed by atoms with Gasteiger partial charge in [0, 0.05) is 16.1 Å². The molecule has 0 saturated carbocycles. The Bertz CT molecular complexity index is 987. The zero-order valence-electron chi connectivity index (χ0n) is 13.9. The summed E-state index contributed by atoms with van der Waals surface area (Å²) in [7, 11) is 0. The fourth-order valence-electron chi connectivity index (χ4n) is 2.15. The van der Waals surface area contributed by atoms with Crippen LogP contribution in [0.3, 0.4) is 0 Å². The van der Waals surface area contributed by atoms with E-state index in [-0.39, 0.29) is 0 Å². The molecule has 0 bridgehead atoms. The number of hydrogen-bond donors (Lipinski definition) is 2. The average molecular weight is 370 g/mol. The maximum atomic E-state index is 11.2. The second-order valence-electron chi connectivity index (χ2n) is 5.36. The minimum absolute atomic E-state index is 0.291. The van der Waals surface area contributed by atoms with Crippen molar-refractivity contribution in [2.45, 2.75) is 13.5 Å². The van der Waals surface area contributed by atoms with Crippen LogP contribution in [-0.4, -0.2) is 21.4 Å². The lowest BCUT2D eigenvalue weighted by molar-refractivity contribution is 0.306. The highest BCUT2D eigenvalue weighted by atomic mass is 35.5. The number of nitrogens with zero attached hydrogens (tertiary/aromatic N) is 3. The van der Waals surface area contributed by atoms with Crippen LogP contribution < -0.4 is 15.9 Å². The first-order valence-corrected chi connectivity index (χ1v) is 8.19. The molecule has 0 radical (unpaired) electrons. The minimum atomic E-state index is -0.545. The summed E-state index contributed by atoms with van der Waals surface area (Å²) >= 11 is 6.15. The van der Waals surface area contributed by atoms with Crippen molar-refractivity contribution in [1.29, 1.82) is 0 Å². The number of hydrogen-bond acceptors (Lipinski definition) is 6. The van der Waals surface area contributed by atoms with Crippen LogP contribution in [0.15, 0.2) is 58.4 Å². The summed E-state index contributed by atoms with van der Waals surface area (Å²) < 4.78 is 5.86. The molecule has 0 saturated heterocycles. The minimum Gasteiger partial charge on any atom is -0.488 e. The molecule has 132 valence electrons. The highest BCUT2D eigenvalue weighted by Crippen LogP contribution is 2.21. The number of hydrazone groups is 1. The van der Waals surface area contributed by atoms with Gasteiger partial charge < -0.3 is 4.74 Å². The molecular formula is C18H16ClN5O2. The summed E-state index contributed by atoms with van der Waals surface area (Å²) in [4.78, 5) is 15.0. The number of benzene rings is 2. The molecule has 0 aliphatic rings. The molecule has 3 aromatic rings. The van der Waals surface area contributed by atoms with Crippen LogP contribution in [0.25, 0.3) is 0 Å². The lowest BCUT2D eigenvalue weighted by Gasteiger charge is -2.10. The average Bonchev–Trinajstić information content (AvgIpc) is 2.65. The summed E-state index contributed by atoms with van der Waals surface area (Å²) in [5.41, 5.74) is 4.36. The monoisotopic (exact) mass is 369 g/mol. The molecule has 0 unspecified atom stereocenters. The first-order chi connectivity index (χ1) is 12.6. The van der Waals surface area contributed by atoms with Gasteiger partial charge in [0.05, 0.1) is 6.21 Å². The zero-order chi connectivity index (χ0) is 18.4. The third-order valence-corrected chi connectivity index (χ3v) is 3.88. The van der Waals surface area contributed by atoms with Crippen molar-refractivity contribution in [2.24, 2.45) is 5.10 Å². The summed E-state index contributed by atoms with van der Waals surface area (Å²) in [6, 6.07) is 15.0. The normalized spacial score (nSPS) is 10.8. The molecule has 1 aromatic heterocycles. The van der Waals surface area contributed by atoms with E-state index in [1.807, 2.05) is 48.5 Å². The van der Waals surface area contributed by atoms with E-state index in [0.717, 1.165) is 11.1 Å². The number of H-pyrrole nitrogens is 1. The van der Waals surface area contributed by atoms with Gasteiger partial charge in [0.25, 0.3) is 0 Å². The van der Waals surface area contributed by atoms with Gasteiger partial charge in [-0.2, -0.15) is 15.2 Å². The molecule has 2 aromatic carbocycles. The topological polar surface area (TPSA) is 92.3 Å². The Kier molecular flexibility index (Phi) is 5.60. The van der Waals surface area contributed by atoms with Crippen LogP contribution in [0.5, 0.6) is 5.75 Å². The first kappa shape index (κ1) is 17.6. The van der Waals surface area contributed by atoms with Crippen LogP contribution in [-0.2, 0) is 6.61 Å². The van der Waals surface area contributed by atoms with Gasteiger partial charge in [-0.3, -0.25) is 5.43 Å². The number of aromatic nitrogens is 3. The molecule has 2 N–H and O–H groups in total. The van der Waals surface area contributed by atoms with Crippen molar-refractivity contribution < 1.29 is 4.74 Å². The van der Waals surface area contributed by atoms with Crippen molar-refractivity contribution >= 4 is 23.6 Å². The Morgan fingerprint density at radius 1 is 1.23 bits per heavy atom. The van der Waals surface area contributed by atoms with Crippen LogP contribution in [0.2, 0.25) is 5.02 Å². The number of anilines is 1. The maximum Gasteiger partial charge on any atom is 0.363 e. The van der Waals surface area contributed by atoms with Crippen molar-refractivity contribution in [3.63, 3.8) is 0 Å². The second kappa shape index (κ2) is 8.26. The molecule has 0 aliphatic carbocycles. The quantitative estimate of drug-likeness (QED) is 0.514. The fraction of sp³-hybridized carbons (Fsp3) is 0.111. The van der Waals surface area contributed by atoms with E-state index >= 15 is 0 Å². The Morgan fingerprint density at radius 2 is 2.00 bits per heavy atom. The summed E-state index contributed by atoms with van der Waals surface area (Å²) in [5, 5.41) is 10.8. The molecule has 0 fully saturated rings. The SMILES string of the molecule is Cc1n[nH]c(=O)nc1N/N=C\c1ccccc1OCc1ccccc1Cl. The Labute approximate surface area is 154 Å². The molecule has 3 rings (SSSR count). The second-order valence-corrected chi connectivity index (χ2v) is 5.77. The number of halogens is 1. The van der Waals surface area contributed by atoms with Crippen LogP contribution >= 0.6 is 11.6 Å². The van der Waals surface area contributed by atoms with Gasteiger partial charge in [0.2, 0.25) is 0 Å². The molecule has 0 atom stereocenters. The Balaban J connectivity index is 1.71. The van der Waals surface area contributed by atoms with Crippen molar-refractivity contribution in [3.05, 3.63) is 80.9 Å². The van der Waals surface area contributed by atoms with Gasteiger partial charge >= 0.3 is 5.69 Å². The standard InChI is InChI=1S/C18H16ClN5O2/c1-12-17(21-18(25)24-22-12)23-20-10-13-6-3-5-9-16(13)26-11-14-7-2-4-8-15(14)19/h2-10H,11H2,1H3,(H2,21,23,24,25)/b20-10-. The number of aromatic amines is 1. The molecule has 26 heavy (non-hydrogen) atoms. The number of para-hydroxylation sites is 1. The van der Waals surface area contributed by atoms with Crippen molar-refractivity contribution in [1.82, 2.24) is 15.2 Å². The molecule has 0 aliphatic heterocycles. The van der Waals surface area contributed by atoms with Crippen molar-refractivity contribution in [2.75, 3.05) is 5.43 Å². The third-order valence-electron chi connectivity index (χ3n) is 3.51. The largest absolute Gasteiger partial charge is 0.488 e. The predicted molar refractivity (Wildman–Crippen MR) is 101 cm³/mol. The van der Waals surface area contributed by atoms with E-state index in [1.54, 1.807) is 13.1 Å². The molecule has 1 heterocycles. The summed E-state index contributed by atoms with van der Waals surface area (Å²) in [6.07, 6.45) is 1.59. The predicted octanol–water partition coefficient (Wildman–Crippen LogP) is 3.15.